The monoisotopic (exact) mass is 385 g/mol. The predicted molar refractivity (Wildman–Crippen MR) is 103 cm³/mol. The van der Waals surface area contributed by atoms with Crippen LogP contribution in [0, 0.1) is 6.92 Å². The molecule has 6 nitrogen and oxygen atoms in total. The second-order valence-electron chi connectivity index (χ2n) is 5.92. The lowest BCUT2D eigenvalue weighted by Gasteiger charge is -2.13. The number of carbonyl (C=O) groups is 1. The van der Waals surface area contributed by atoms with E-state index in [1.807, 2.05) is 30.3 Å². The summed E-state index contributed by atoms with van der Waals surface area (Å²) in [5, 5.41) is 1.76. The lowest BCUT2D eigenvalue weighted by atomic mass is 10.1. The number of carbonyl (C=O) groups excluding carboxylic acids is 1. The summed E-state index contributed by atoms with van der Waals surface area (Å²) in [7, 11) is -2.51. The first kappa shape index (κ1) is 18.7. The van der Waals surface area contributed by atoms with Crippen molar-refractivity contribution in [3.8, 4) is 5.75 Å². The Labute approximate surface area is 157 Å². The fourth-order valence-corrected chi connectivity index (χ4v) is 3.83. The van der Waals surface area contributed by atoms with Gasteiger partial charge in [0.2, 0.25) is 0 Å². The van der Waals surface area contributed by atoms with E-state index >= 15 is 0 Å². The molecule has 0 aliphatic heterocycles. The van der Waals surface area contributed by atoms with Crippen LogP contribution in [-0.2, 0) is 19.6 Å². The maximum Gasteiger partial charge on any atom is 0.343 e. The Morgan fingerprint density at radius 1 is 1.04 bits per heavy atom. The number of methoxy groups -OCH3 is 1. The van der Waals surface area contributed by atoms with Crippen LogP contribution >= 0.6 is 0 Å². The number of benzene rings is 3. The first-order valence-electron chi connectivity index (χ1n) is 8.21. The fraction of sp³-hybridized carbons (Fsp3) is 0.150. The summed E-state index contributed by atoms with van der Waals surface area (Å²) < 4.78 is 38.1. The zero-order valence-corrected chi connectivity index (χ0v) is 15.7. The second-order valence-corrected chi connectivity index (χ2v) is 7.61. The van der Waals surface area contributed by atoms with E-state index in [1.165, 1.54) is 25.3 Å². The highest BCUT2D eigenvalue weighted by Crippen LogP contribution is 2.27. The number of ether oxygens (including phenoxy) is 2. The summed E-state index contributed by atoms with van der Waals surface area (Å²) in [6, 6.07) is 17.4. The Bertz CT molecular complexity index is 1090. The molecule has 1 N–H and O–H groups in total. The van der Waals surface area contributed by atoms with Gasteiger partial charge in [0.1, 0.15) is 5.75 Å². The molecule has 3 aromatic rings. The van der Waals surface area contributed by atoms with Crippen LogP contribution < -0.4 is 9.46 Å². The van der Waals surface area contributed by atoms with Crippen molar-refractivity contribution >= 4 is 32.5 Å². The van der Waals surface area contributed by atoms with Crippen molar-refractivity contribution in [3.63, 3.8) is 0 Å². The van der Waals surface area contributed by atoms with Gasteiger partial charge < -0.3 is 9.47 Å². The lowest BCUT2D eigenvalue weighted by molar-refractivity contribution is -0.142. The number of aryl methyl sites for hydroxylation is 1. The van der Waals surface area contributed by atoms with Crippen LogP contribution in [0.25, 0.3) is 10.8 Å². The normalized spacial score (nSPS) is 11.2. The predicted octanol–water partition coefficient (Wildman–Crippen LogP) is 3.50. The van der Waals surface area contributed by atoms with Gasteiger partial charge in [0.05, 0.1) is 17.7 Å². The van der Waals surface area contributed by atoms with Gasteiger partial charge in [0, 0.05) is 5.39 Å². The molecule has 0 heterocycles. The third kappa shape index (κ3) is 4.20. The molecular formula is C20H19NO5S. The molecule has 0 unspecified atom stereocenters. The minimum absolute atomic E-state index is 0.110. The Morgan fingerprint density at radius 3 is 2.52 bits per heavy atom. The summed E-state index contributed by atoms with van der Waals surface area (Å²) in [5.74, 6) is -0.0896. The maximum atomic E-state index is 12.8. The van der Waals surface area contributed by atoms with E-state index in [9.17, 15) is 13.2 Å². The number of fused-ring (bicyclic) bond motifs is 1. The molecule has 0 spiro atoms. The van der Waals surface area contributed by atoms with E-state index in [0.717, 1.165) is 10.8 Å². The van der Waals surface area contributed by atoms with Gasteiger partial charge in [-0.25, -0.2) is 13.2 Å². The number of sulfonamides is 1. The van der Waals surface area contributed by atoms with Crippen LogP contribution in [0.15, 0.2) is 65.6 Å². The average Bonchev–Trinajstić information content (AvgIpc) is 2.66. The standard InChI is InChI=1S/C20H19NO5S/c1-14-12-16(10-11-19(14)26-13-20(22)25-2)27(23,24)21-18-9-5-7-15-6-3-4-8-17(15)18/h3-12,21H,13H2,1-2H3. The third-order valence-electron chi connectivity index (χ3n) is 4.06. The van der Waals surface area contributed by atoms with Gasteiger partial charge in [-0.1, -0.05) is 36.4 Å². The molecule has 0 amide bonds. The number of hydrogen-bond acceptors (Lipinski definition) is 5. The molecule has 0 aliphatic carbocycles. The van der Waals surface area contributed by atoms with Crippen molar-refractivity contribution in [1.82, 2.24) is 0 Å². The molecule has 3 aromatic carbocycles. The molecule has 0 aromatic heterocycles. The van der Waals surface area contributed by atoms with Crippen molar-refractivity contribution < 1.29 is 22.7 Å². The average molecular weight is 385 g/mol. The van der Waals surface area contributed by atoms with E-state index in [2.05, 4.69) is 9.46 Å². The SMILES string of the molecule is COC(=O)COc1ccc(S(=O)(=O)Nc2cccc3ccccc23)cc1C. The second kappa shape index (κ2) is 7.67. The number of nitrogens with one attached hydrogen (secondary N) is 1. The van der Waals surface area contributed by atoms with Crippen LogP contribution in [0.2, 0.25) is 0 Å². The van der Waals surface area contributed by atoms with Crippen LogP contribution in [0.3, 0.4) is 0 Å². The van der Waals surface area contributed by atoms with E-state index in [-0.39, 0.29) is 11.5 Å². The molecule has 3 rings (SSSR count). The molecule has 140 valence electrons. The minimum atomic E-state index is -3.78. The summed E-state index contributed by atoms with van der Waals surface area (Å²) in [6.07, 6.45) is 0. The van der Waals surface area contributed by atoms with Gasteiger partial charge in [-0.15, -0.1) is 0 Å². The van der Waals surface area contributed by atoms with Gasteiger partial charge in [-0.3, -0.25) is 4.72 Å². The van der Waals surface area contributed by atoms with Crippen LogP contribution in [-0.4, -0.2) is 28.1 Å². The molecule has 0 atom stereocenters. The smallest absolute Gasteiger partial charge is 0.343 e. The Balaban J connectivity index is 1.86. The van der Waals surface area contributed by atoms with Crippen LogP contribution in [0.1, 0.15) is 5.56 Å². The molecule has 7 heteroatoms. The van der Waals surface area contributed by atoms with Crippen LogP contribution in [0.5, 0.6) is 5.75 Å². The first-order chi connectivity index (χ1) is 12.9. The summed E-state index contributed by atoms with van der Waals surface area (Å²) >= 11 is 0. The first-order valence-corrected chi connectivity index (χ1v) is 9.70. The zero-order valence-electron chi connectivity index (χ0n) is 14.9. The van der Waals surface area contributed by atoms with E-state index in [1.54, 1.807) is 19.1 Å². The van der Waals surface area contributed by atoms with E-state index in [0.29, 0.717) is 17.0 Å². The number of esters is 1. The quantitative estimate of drug-likeness (QED) is 0.657. The highest BCUT2D eigenvalue weighted by atomic mass is 32.2. The van der Waals surface area contributed by atoms with E-state index in [4.69, 9.17) is 4.74 Å². The zero-order chi connectivity index (χ0) is 19.4. The van der Waals surface area contributed by atoms with Crippen molar-refractivity contribution in [2.45, 2.75) is 11.8 Å². The van der Waals surface area contributed by atoms with Gasteiger partial charge in [0.15, 0.2) is 6.61 Å². The molecule has 0 radical (unpaired) electrons. The molecule has 27 heavy (non-hydrogen) atoms. The maximum absolute atomic E-state index is 12.8. The van der Waals surface area contributed by atoms with Crippen molar-refractivity contribution in [3.05, 3.63) is 66.2 Å². The molecule has 0 saturated heterocycles. The summed E-state index contributed by atoms with van der Waals surface area (Å²) in [6.45, 7) is 1.47. The number of rotatable bonds is 6. The molecule has 0 saturated carbocycles. The minimum Gasteiger partial charge on any atom is -0.482 e. The van der Waals surface area contributed by atoms with Gasteiger partial charge >= 0.3 is 5.97 Å². The topological polar surface area (TPSA) is 81.7 Å². The van der Waals surface area contributed by atoms with Crippen molar-refractivity contribution in [2.24, 2.45) is 0 Å². The lowest BCUT2D eigenvalue weighted by Crippen LogP contribution is -2.15. The molecule has 0 fully saturated rings. The molecule has 0 aliphatic rings. The Kier molecular flexibility index (Phi) is 5.32. The molecule has 0 bridgehead atoms. The van der Waals surface area contributed by atoms with Gasteiger partial charge in [0.25, 0.3) is 10.0 Å². The van der Waals surface area contributed by atoms with Crippen molar-refractivity contribution in [2.75, 3.05) is 18.4 Å². The Hall–Kier alpha value is -3.06. The summed E-state index contributed by atoms with van der Waals surface area (Å²) in [5.41, 5.74) is 1.11. The summed E-state index contributed by atoms with van der Waals surface area (Å²) in [4.78, 5) is 11.3. The Morgan fingerprint density at radius 2 is 1.78 bits per heavy atom. The number of anilines is 1. The largest absolute Gasteiger partial charge is 0.482 e. The van der Waals surface area contributed by atoms with E-state index < -0.39 is 16.0 Å². The molecular weight excluding hydrogens is 366 g/mol. The van der Waals surface area contributed by atoms with Gasteiger partial charge in [-0.2, -0.15) is 0 Å². The highest BCUT2D eigenvalue weighted by molar-refractivity contribution is 7.92. The van der Waals surface area contributed by atoms with Crippen molar-refractivity contribution in [1.29, 1.82) is 0 Å². The number of hydrogen-bond donors (Lipinski definition) is 1. The third-order valence-corrected chi connectivity index (χ3v) is 5.43. The van der Waals surface area contributed by atoms with Gasteiger partial charge in [-0.05, 0) is 42.1 Å². The van der Waals surface area contributed by atoms with Crippen LogP contribution in [0.4, 0.5) is 5.69 Å². The highest BCUT2D eigenvalue weighted by Gasteiger charge is 2.17. The fourth-order valence-electron chi connectivity index (χ4n) is 2.66.